The summed E-state index contributed by atoms with van der Waals surface area (Å²) in [6.07, 6.45) is 0.663. The number of aliphatic hydroxyl groups is 1. The first-order valence-corrected chi connectivity index (χ1v) is 8.62. The fourth-order valence-electron chi connectivity index (χ4n) is 1.92. The summed E-state index contributed by atoms with van der Waals surface area (Å²) < 4.78 is 27.2. The number of nitrogens with one attached hydrogen (secondary N) is 1. The van der Waals surface area contributed by atoms with Gasteiger partial charge in [0.05, 0.1) is 11.5 Å². The minimum absolute atomic E-state index is 0.173. The highest BCUT2D eigenvalue weighted by molar-refractivity contribution is 7.89. The molecule has 2 N–H and O–H groups in total. The maximum Gasteiger partial charge on any atom is 0.240 e. The van der Waals surface area contributed by atoms with E-state index in [4.69, 9.17) is 5.11 Å². The van der Waals surface area contributed by atoms with E-state index in [0.29, 0.717) is 12.0 Å². The lowest BCUT2D eigenvalue weighted by Crippen LogP contribution is -2.33. The zero-order valence-corrected chi connectivity index (χ0v) is 12.7. The summed E-state index contributed by atoms with van der Waals surface area (Å²) in [4.78, 5) is 1.33. The van der Waals surface area contributed by atoms with Gasteiger partial charge in [0.25, 0.3) is 0 Å². The maximum atomic E-state index is 12.2. The van der Waals surface area contributed by atoms with Crippen LogP contribution in [0, 0.1) is 0 Å². The topological polar surface area (TPSA) is 66.4 Å². The predicted molar refractivity (Wildman–Crippen MR) is 80.2 cm³/mol. The Bertz CT molecular complexity index is 651. The van der Waals surface area contributed by atoms with Gasteiger partial charge in [0.1, 0.15) is 0 Å². The summed E-state index contributed by atoms with van der Waals surface area (Å²) in [5, 5.41) is 11.0. The Morgan fingerprint density at radius 1 is 1.30 bits per heavy atom. The summed E-state index contributed by atoms with van der Waals surface area (Å²) in [5.41, 5.74) is 0.582. The van der Waals surface area contributed by atoms with Gasteiger partial charge in [0.2, 0.25) is 10.0 Å². The summed E-state index contributed by atoms with van der Waals surface area (Å²) in [6.45, 7) is 1.67. The molecule has 1 aromatic heterocycles. The van der Waals surface area contributed by atoms with E-state index in [1.165, 1.54) is 12.1 Å². The standard InChI is InChI=1S/C14H17NO3S2/c1-11(8-13-5-3-7-19-13)15-20(17,18)14-6-2-4-12(9-14)10-16/h2-7,9,11,15-16H,8,10H2,1H3. The number of hydrogen-bond donors (Lipinski definition) is 2. The highest BCUT2D eigenvalue weighted by Gasteiger charge is 2.18. The molecule has 6 heteroatoms. The number of aliphatic hydroxyl groups excluding tert-OH is 1. The molecule has 1 unspecified atom stereocenters. The third kappa shape index (κ3) is 3.89. The molecule has 2 rings (SSSR count). The van der Waals surface area contributed by atoms with Crippen LogP contribution in [0.2, 0.25) is 0 Å². The molecule has 0 saturated carbocycles. The van der Waals surface area contributed by atoms with E-state index in [1.54, 1.807) is 23.5 Å². The molecule has 1 heterocycles. The van der Waals surface area contributed by atoms with Gasteiger partial charge in [0.15, 0.2) is 0 Å². The number of rotatable bonds is 6. The van der Waals surface area contributed by atoms with Crippen molar-refractivity contribution in [2.24, 2.45) is 0 Å². The second kappa shape index (κ2) is 6.49. The van der Waals surface area contributed by atoms with Gasteiger partial charge in [-0.15, -0.1) is 11.3 Å². The van der Waals surface area contributed by atoms with Crippen LogP contribution in [0.1, 0.15) is 17.4 Å². The Hall–Kier alpha value is -1.21. The fourth-order valence-corrected chi connectivity index (χ4v) is 4.06. The first-order chi connectivity index (χ1) is 9.51. The minimum Gasteiger partial charge on any atom is -0.392 e. The van der Waals surface area contributed by atoms with Crippen LogP contribution in [0.15, 0.2) is 46.7 Å². The van der Waals surface area contributed by atoms with Crippen LogP contribution in [0.25, 0.3) is 0 Å². The molecule has 1 aromatic carbocycles. The molecule has 0 bridgehead atoms. The molecule has 0 aliphatic rings. The number of benzene rings is 1. The zero-order valence-electron chi connectivity index (χ0n) is 11.1. The van der Waals surface area contributed by atoms with Gasteiger partial charge >= 0.3 is 0 Å². The monoisotopic (exact) mass is 311 g/mol. The first kappa shape index (κ1) is 15.2. The average molecular weight is 311 g/mol. The summed E-state index contributed by atoms with van der Waals surface area (Å²) in [5.74, 6) is 0. The van der Waals surface area contributed by atoms with Crippen LogP contribution >= 0.6 is 11.3 Å². The predicted octanol–water partition coefficient (Wildman–Crippen LogP) is 2.15. The van der Waals surface area contributed by atoms with Crippen molar-refractivity contribution < 1.29 is 13.5 Å². The fraction of sp³-hybridized carbons (Fsp3) is 0.286. The third-order valence-corrected chi connectivity index (χ3v) is 5.32. The Kier molecular flexibility index (Phi) is 4.93. The van der Waals surface area contributed by atoms with Crippen molar-refractivity contribution in [3.8, 4) is 0 Å². The average Bonchev–Trinajstić information content (AvgIpc) is 2.91. The number of hydrogen-bond acceptors (Lipinski definition) is 4. The zero-order chi connectivity index (χ0) is 14.6. The van der Waals surface area contributed by atoms with Crippen LogP contribution in [0.4, 0.5) is 0 Å². The normalized spacial score (nSPS) is 13.3. The van der Waals surface area contributed by atoms with Crippen LogP contribution in [0.5, 0.6) is 0 Å². The summed E-state index contributed by atoms with van der Waals surface area (Å²) in [7, 11) is -3.55. The molecule has 0 radical (unpaired) electrons. The van der Waals surface area contributed by atoms with Gasteiger partial charge in [-0.25, -0.2) is 13.1 Å². The van der Waals surface area contributed by atoms with E-state index in [2.05, 4.69) is 4.72 Å². The molecule has 0 aliphatic carbocycles. The maximum absolute atomic E-state index is 12.2. The van der Waals surface area contributed by atoms with Gasteiger partial charge in [-0.3, -0.25) is 0 Å². The van der Waals surface area contributed by atoms with E-state index in [-0.39, 0.29) is 17.5 Å². The van der Waals surface area contributed by atoms with Crippen molar-refractivity contribution in [3.63, 3.8) is 0 Å². The summed E-state index contributed by atoms with van der Waals surface area (Å²) in [6, 6.07) is 10.1. The molecule has 0 spiro atoms. The quantitative estimate of drug-likeness (QED) is 0.859. The molecule has 0 saturated heterocycles. The van der Waals surface area contributed by atoms with Gasteiger partial charge in [-0.1, -0.05) is 18.2 Å². The molecule has 20 heavy (non-hydrogen) atoms. The summed E-state index contributed by atoms with van der Waals surface area (Å²) >= 11 is 1.61. The molecule has 4 nitrogen and oxygen atoms in total. The Labute approximate surface area is 123 Å². The molecular weight excluding hydrogens is 294 g/mol. The van der Waals surface area contributed by atoms with Crippen LogP contribution in [0.3, 0.4) is 0 Å². The van der Waals surface area contributed by atoms with Gasteiger partial charge < -0.3 is 5.11 Å². The molecule has 108 valence electrons. The highest BCUT2D eigenvalue weighted by atomic mass is 32.2. The third-order valence-electron chi connectivity index (χ3n) is 2.84. The van der Waals surface area contributed by atoms with Crippen LogP contribution in [-0.2, 0) is 23.1 Å². The largest absolute Gasteiger partial charge is 0.392 e. The Balaban J connectivity index is 2.10. The number of sulfonamides is 1. The van der Waals surface area contributed by atoms with Crippen LogP contribution in [-0.4, -0.2) is 19.6 Å². The van der Waals surface area contributed by atoms with E-state index < -0.39 is 10.0 Å². The second-order valence-corrected chi connectivity index (χ2v) is 7.36. The molecule has 2 aromatic rings. The second-order valence-electron chi connectivity index (χ2n) is 4.61. The van der Waals surface area contributed by atoms with E-state index in [1.807, 2.05) is 24.4 Å². The van der Waals surface area contributed by atoms with Crippen molar-refractivity contribution in [1.82, 2.24) is 4.72 Å². The minimum atomic E-state index is -3.55. The van der Waals surface area contributed by atoms with Crippen molar-refractivity contribution in [3.05, 3.63) is 52.2 Å². The Morgan fingerprint density at radius 3 is 2.75 bits per heavy atom. The molecule has 0 aliphatic heterocycles. The van der Waals surface area contributed by atoms with Crippen molar-refractivity contribution in [2.45, 2.75) is 30.9 Å². The smallest absolute Gasteiger partial charge is 0.240 e. The SMILES string of the molecule is CC(Cc1cccs1)NS(=O)(=O)c1cccc(CO)c1. The molecule has 0 fully saturated rings. The molecular formula is C14H17NO3S2. The molecule has 1 atom stereocenters. The van der Waals surface area contributed by atoms with Crippen molar-refractivity contribution in [1.29, 1.82) is 0 Å². The Morgan fingerprint density at radius 2 is 2.10 bits per heavy atom. The van der Waals surface area contributed by atoms with Gasteiger partial charge in [-0.2, -0.15) is 0 Å². The van der Waals surface area contributed by atoms with Crippen molar-refractivity contribution in [2.75, 3.05) is 0 Å². The van der Waals surface area contributed by atoms with Crippen molar-refractivity contribution >= 4 is 21.4 Å². The molecule has 0 amide bonds. The lowest BCUT2D eigenvalue weighted by atomic mass is 10.2. The first-order valence-electron chi connectivity index (χ1n) is 6.26. The van der Waals surface area contributed by atoms with E-state index in [0.717, 1.165) is 4.88 Å². The van der Waals surface area contributed by atoms with E-state index in [9.17, 15) is 8.42 Å². The lowest BCUT2D eigenvalue weighted by Gasteiger charge is -2.14. The van der Waals surface area contributed by atoms with Crippen LogP contribution < -0.4 is 4.72 Å². The lowest BCUT2D eigenvalue weighted by molar-refractivity contribution is 0.281. The van der Waals surface area contributed by atoms with Gasteiger partial charge in [0, 0.05) is 10.9 Å². The van der Waals surface area contributed by atoms with E-state index >= 15 is 0 Å². The highest BCUT2D eigenvalue weighted by Crippen LogP contribution is 2.15. The number of thiophene rings is 1. The van der Waals surface area contributed by atoms with Gasteiger partial charge in [-0.05, 0) is 42.5 Å².